The minimum absolute atomic E-state index is 0.587. The van der Waals surface area contributed by atoms with Gasteiger partial charge in [-0.1, -0.05) is 32.0 Å². The summed E-state index contributed by atoms with van der Waals surface area (Å²) in [7, 11) is 0. The Labute approximate surface area is 98.4 Å². The summed E-state index contributed by atoms with van der Waals surface area (Å²) < 4.78 is 0. The fourth-order valence-corrected chi connectivity index (χ4v) is 2.63. The molecule has 0 bridgehead atoms. The molecule has 1 aromatic carbocycles. The van der Waals surface area contributed by atoms with E-state index >= 15 is 0 Å². The highest BCUT2D eigenvalue weighted by molar-refractivity contribution is 5.46. The van der Waals surface area contributed by atoms with Crippen molar-refractivity contribution in [1.29, 1.82) is 0 Å². The van der Waals surface area contributed by atoms with E-state index in [1.54, 1.807) is 0 Å². The molecule has 2 rings (SSSR count). The van der Waals surface area contributed by atoms with Gasteiger partial charge in [-0.2, -0.15) is 0 Å². The Morgan fingerprint density at radius 2 is 1.81 bits per heavy atom. The molecule has 1 aliphatic heterocycles. The van der Waals surface area contributed by atoms with Gasteiger partial charge in [-0.05, 0) is 29.9 Å². The fraction of sp³-hybridized carbons (Fsp3) is 0.571. The second kappa shape index (κ2) is 4.46. The maximum absolute atomic E-state index is 5.95. The van der Waals surface area contributed by atoms with Crippen LogP contribution in [0.25, 0.3) is 0 Å². The maximum atomic E-state index is 5.95. The van der Waals surface area contributed by atoms with Gasteiger partial charge < -0.3 is 5.73 Å². The van der Waals surface area contributed by atoms with Gasteiger partial charge in [0, 0.05) is 25.3 Å². The number of benzene rings is 1. The van der Waals surface area contributed by atoms with Crippen molar-refractivity contribution in [2.45, 2.75) is 33.2 Å². The topological polar surface area (TPSA) is 29.3 Å². The zero-order valence-electron chi connectivity index (χ0n) is 10.4. The van der Waals surface area contributed by atoms with E-state index in [9.17, 15) is 0 Å². The van der Waals surface area contributed by atoms with Crippen LogP contribution in [0.1, 0.15) is 32.3 Å². The molecule has 0 unspecified atom stereocenters. The SMILES string of the molecule is CCC1(CC)CN(Cc2ccccc2N)C1. The number of nitrogens with zero attached hydrogens (tertiary/aromatic N) is 1. The summed E-state index contributed by atoms with van der Waals surface area (Å²) in [6, 6.07) is 8.19. The molecule has 1 aliphatic rings. The maximum Gasteiger partial charge on any atom is 0.0359 e. The summed E-state index contributed by atoms with van der Waals surface area (Å²) in [4.78, 5) is 2.50. The molecular weight excluding hydrogens is 196 g/mol. The quantitative estimate of drug-likeness (QED) is 0.787. The van der Waals surface area contributed by atoms with Crippen LogP contribution in [-0.2, 0) is 6.54 Å². The van der Waals surface area contributed by atoms with Gasteiger partial charge in [0.2, 0.25) is 0 Å². The van der Waals surface area contributed by atoms with Crippen molar-refractivity contribution in [2.24, 2.45) is 5.41 Å². The molecular formula is C14H22N2. The molecule has 0 atom stereocenters. The first-order valence-corrected chi connectivity index (χ1v) is 6.25. The lowest BCUT2D eigenvalue weighted by molar-refractivity contribution is -0.0118. The van der Waals surface area contributed by atoms with E-state index in [-0.39, 0.29) is 0 Å². The first kappa shape index (κ1) is 11.5. The van der Waals surface area contributed by atoms with Crippen LogP contribution in [0.3, 0.4) is 0 Å². The van der Waals surface area contributed by atoms with Gasteiger partial charge in [0.15, 0.2) is 0 Å². The third kappa shape index (κ3) is 2.07. The normalized spacial score (nSPS) is 19.4. The molecule has 88 valence electrons. The van der Waals surface area contributed by atoms with Gasteiger partial charge in [-0.3, -0.25) is 4.90 Å². The Morgan fingerprint density at radius 3 is 2.38 bits per heavy atom. The average molecular weight is 218 g/mol. The zero-order chi connectivity index (χ0) is 11.6. The fourth-order valence-electron chi connectivity index (χ4n) is 2.63. The van der Waals surface area contributed by atoms with Crippen LogP contribution >= 0.6 is 0 Å². The van der Waals surface area contributed by atoms with Crippen LogP contribution in [0, 0.1) is 5.41 Å². The molecule has 1 fully saturated rings. The van der Waals surface area contributed by atoms with Crippen LogP contribution in [-0.4, -0.2) is 18.0 Å². The number of hydrogen-bond acceptors (Lipinski definition) is 2. The minimum Gasteiger partial charge on any atom is -0.398 e. The molecule has 0 aromatic heterocycles. The molecule has 2 nitrogen and oxygen atoms in total. The van der Waals surface area contributed by atoms with E-state index in [1.165, 1.54) is 31.5 Å². The van der Waals surface area contributed by atoms with Gasteiger partial charge >= 0.3 is 0 Å². The van der Waals surface area contributed by atoms with Crippen molar-refractivity contribution in [3.8, 4) is 0 Å². The summed E-state index contributed by atoms with van der Waals surface area (Å²) in [5, 5.41) is 0. The highest BCUT2D eigenvalue weighted by Gasteiger charge is 2.39. The average Bonchev–Trinajstić information content (AvgIpc) is 2.25. The highest BCUT2D eigenvalue weighted by Crippen LogP contribution is 2.38. The summed E-state index contributed by atoms with van der Waals surface area (Å²) >= 11 is 0. The third-order valence-electron chi connectivity index (χ3n) is 4.07. The molecule has 1 aromatic rings. The predicted molar refractivity (Wildman–Crippen MR) is 69.1 cm³/mol. The Bertz CT molecular complexity index is 348. The van der Waals surface area contributed by atoms with Crippen molar-refractivity contribution < 1.29 is 0 Å². The van der Waals surface area contributed by atoms with Gasteiger partial charge in [0.05, 0.1) is 0 Å². The smallest absolute Gasteiger partial charge is 0.0359 e. The number of para-hydroxylation sites is 1. The summed E-state index contributed by atoms with van der Waals surface area (Å²) in [5.74, 6) is 0. The predicted octanol–water partition coefficient (Wildman–Crippen LogP) is 2.89. The Morgan fingerprint density at radius 1 is 1.19 bits per heavy atom. The van der Waals surface area contributed by atoms with Crippen molar-refractivity contribution in [1.82, 2.24) is 4.90 Å². The van der Waals surface area contributed by atoms with E-state index in [0.717, 1.165) is 12.2 Å². The Kier molecular flexibility index (Phi) is 3.20. The molecule has 0 amide bonds. The van der Waals surface area contributed by atoms with Gasteiger partial charge in [0.25, 0.3) is 0 Å². The lowest BCUT2D eigenvalue weighted by Crippen LogP contribution is -2.54. The largest absolute Gasteiger partial charge is 0.398 e. The van der Waals surface area contributed by atoms with Gasteiger partial charge in [-0.15, -0.1) is 0 Å². The first-order chi connectivity index (χ1) is 7.69. The summed E-state index contributed by atoms with van der Waals surface area (Å²) in [6.45, 7) is 8.08. The number of nitrogen functional groups attached to an aromatic ring is 1. The zero-order valence-corrected chi connectivity index (χ0v) is 10.4. The number of hydrogen-bond donors (Lipinski definition) is 1. The molecule has 0 spiro atoms. The van der Waals surface area contributed by atoms with Crippen molar-refractivity contribution in [2.75, 3.05) is 18.8 Å². The van der Waals surface area contributed by atoms with Crippen LogP contribution in [0.2, 0.25) is 0 Å². The van der Waals surface area contributed by atoms with Crippen LogP contribution < -0.4 is 5.73 Å². The van der Waals surface area contributed by atoms with Crippen LogP contribution in [0.4, 0.5) is 5.69 Å². The minimum atomic E-state index is 0.587. The molecule has 0 radical (unpaired) electrons. The number of anilines is 1. The first-order valence-electron chi connectivity index (χ1n) is 6.25. The Balaban J connectivity index is 1.93. The van der Waals surface area contributed by atoms with Crippen molar-refractivity contribution in [3.05, 3.63) is 29.8 Å². The highest BCUT2D eigenvalue weighted by atomic mass is 15.2. The monoisotopic (exact) mass is 218 g/mol. The van der Waals surface area contributed by atoms with E-state index < -0.39 is 0 Å². The molecule has 0 saturated carbocycles. The summed E-state index contributed by atoms with van der Waals surface area (Å²) in [6.07, 6.45) is 2.59. The van der Waals surface area contributed by atoms with Crippen LogP contribution in [0.5, 0.6) is 0 Å². The molecule has 1 saturated heterocycles. The van der Waals surface area contributed by atoms with Crippen LogP contribution in [0.15, 0.2) is 24.3 Å². The third-order valence-corrected chi connectivity index (χ3v) is 4.07. The second-order valence-electron chi connectivity index (χ2n) is 5.05. The lowest BCUT2D eigenvalue weighted by atomic mass is 9.75. The van der Waals surface area contributed by atoms with E-state index in [4.69, 9.17) is 5.73 Å². The standard InChI is InChI=1S/C14H22N2/c1-3-14(4-2)10-16(11-14)9-12-7-5-6-8-13(12)15/h5-8H,3-4,9-11,15H2,1-2H3. The Hall–Kier alpha value is -1.02. The number of likely N-dealkylation sites (tertiary alicyclic amines) is 1. The molecule has 16 heavy (non-hydrogen) atoms. The van der Waals surface area contributed by atoms with Gasteiger partial charge in [0.1, 0.15) is 0 Å². The number of nitrogens with two attached hydrogens (primary N) is 1. The lowest BCUT2D eigenvalue weighted by Gasteiger charge is -2.50. The van der Waals surface area contributed by atoms with E-state index in [0.29, 0.717) is 5.41 Å². The molecule has 2 N–H and O–H groups in total. The van der Waals surface area contributed by atoms with Crippen molar-refractivity contribution in [3.63, 3.8) is 0 Å². The van der Waals surface area contributed by atoms with Gasteiger partial charge in [-0.25, -0.2) is 0 Å². The van der Waals surface area contributed by atoms with E-state index in [2.05, 4.69) is 30.9 Å². The number of rotatable bonds is 4. The summed E-state index contributed by atoms with van der Waals surface area (Å²) in [5.41, 5.74) is 8.73. The molecule has 0 aliphatic carbocycles. The second-order valence-corrected chi connectivity index (χ2v) is 5.05. The molecule has 2 heteroatoms. The van der Waals surface area contributed by atoms with E-state index in [1.807, 2.05) is 12.1 Å². The van der Waals surface area contributed by atoms with Crippen molar-refractivity contribution >= 4 is 5.69 Å². The molecule has 1 heterocycles.